The lowest BCUT2D eigenvalue weighted by Gasteiger charge is -2.29. The number of benzene rings is 1. The van der Waals surface area contributed by atoms with Crippen molar-refractivity contribution in [2.45, 2.75) is 59.3 Å². The van der Waals surface area contributed by atoms with Crippen molar-refractivity contribution in [1.82, 2.24) is 4.98 Å². The van der Waals surface area contributed by atoms with Crippen molar-refractivity contribution in [2.75, 3.05) is 20.5 Å². The van der Waals surface area contributed by atoms with Gasteiger partial charge in [0.05, 0.1) is 18.9 Å². The molecule has 242 valence electrons. The molecule has 0 N–H and O–H groups in total. The van der Waals surface area contributed by atoms with Gasteiger partial charge in [0.15, 0.2) is 18.5 Å². The normalized spacial score (nSPS) is 20.2. The Bertz CT molecular complexity index is 1410. The molecule has 13 heteroatoms. The van der Waals surface area contributed by atoms with Crippen molar-refractivity contribution < 1.29 is 57.0 Å². The minimum atomic E-state index is -1.51. The van der Waals surface area contributed by atoms with Crippen LogP contribution in [0.1, 0.15) is 50.7 Å². The molecule has 0 spiro atoms. The first kappa shape index (κ1) is 34.7. The molecule has 0 radical (unpaired) electrons. The van der Waals surface area contributed by atoms with Crippen molar-refractivity contribution in [3.05, 3.63) is 53.9 Å². The fourth-order valence-corrected chi connectivity index (χ4v) is 4.33. The molecule has 0 aliphatic carbocycles. The van der Waals surface area contributed by atoms with Crippen LogP contribution in [0.15, 0.2) is 42.6 Å². The van der Waals surface area contributed by atoms with Crippen molar-refractivity contribution in [2.24, 2.45) is 17.8 Å². The predicted octanol–water partition coefficient (Wildman–Crippen LogP) is 2.76. The topological polar surface area (TPSA) is 157 Å². The second-order valence-corrected chi connectivity index (χ2v) is 11.0. The standard InChI is InChI=1S/C32H39N2O11/c1-18(2)29(36)43-17-42-27-24(40-7)13-14-33-25(27)28(35)34(6)23-16-41-31(38)22(15-21-11-9-8-10-12-21)26(20(5)44-32(23)39)45-30(37)19(3)4/h8-14,18-20,22-23,26H,6,15-17H2,1-5,7H3/q+1. The Morgan fingerprint density at radius 2 is 1.69 bits per heavy atom. The van der Waals surface area contributed by atoms with Gasteiger partial charge in [0, 0.05) is 12.3 Å². The lowest BCUT2D eigenvalue weighted by Crippen LogP contribution is -2.45. The molecule has 0 saturated carbocycles. The van der Waals surface area contributed by atoms with E-state index >= 15 is 0 Å². The van der Waals surface area contributed by atoms with Gasteiger partial charge in [-0.2, -0.15) is 4.58 Å². The smallest absolute Gasteiger partial charge is 0.442 e. The number of hydrogen-bond donors (Lipinski definition) is 0. The first-order valence-electron chi connectivity index (χ1n) is 14.4. The lowest BCUT2D eigenvalue weighted by molar-refractivity contribution is -0.457. The summed E-state index contributed by atoms with van der Waals surface area (Å²) in [6.07, 6.45) is -0.878. The molecule has 1 aliphatic rings. The van der Waals surface area contributed by atoms with Gasteiger partial charge in [0.25, 0.3) is 6.04 Å². The van der Waals surface area contributed by atoms with Crippen LogP contribution in [0.5, 0.6) is 11.5 Å². The largest absolute Gasteiger partial charge is 0.493 e. The number of ether oxygens (including phenoxy) is 6. The summed E-state index contributed by atoms with van der Waals surface area (Å²) >= 11 is 0. The van der Waals surface area contributed by atoms with Crippen LogP contribution in [0, 0.1) is 17.8 Å². The molecule has 3 rings (SSSR count). The van der Waals surface area contributed by atoms with Crippen molar-refractivity contribution >= 4 is 36.5 Å². The summed E-state index contributed by atoms with van der Waals surface area (Å²) in [6, 6.07) is 8.95. The fourth-order valence-electron chi connectivity index (χ4n) is 4.33. The number of pyridine rings is 1. The monoisotopic (exact) mass is 627 g/mol. The maximum atomic E-state index is 13.7. The lowest BCUT2D eigenvalue weighted by atomic mass is 9.91. The molecule has 45 heavy (non-hydrogen) atoms. The van der Waals surface area contributed by atoms with Gasteiger partial charge in [0.1, 0.15) is 18.7 Å². The average Bonchev–Trinajstić information content (AvgIpc) is 3.05. The highest BCUT2D eigenvalue weighted by Crippen LogP contribution is 2.31. The molecule has 1 fully saturated rings. The van der Waals surface area contributed by atoms with Gasteiger partial charge in [-0.25, -0.2) is 14.6 Å². The van der Waals surface area contributed by atoms with Crippen LogP contribution < -0.4 is 9.47 Å². The van der Waals surface area contributed by atoms with Crippen molar-refractivity contribution in [3.8, 4) is 11.5 Å². The first-order chi connectivity index (χ1) is 21.3. The predicted molar refractivity (Wildman–Crippen MR) is 158 cm³/mol. The Balaban J connectivity index is 1.91. The number of rotatable bonds is 11. The summed E-state index contributed by atoms with van der Waals surface area (Å²) in [5.41, 5.74) is 0.451. The van der Waals surface area contributed by atoms with E-state index in [0.29, 0.717) is 0 Å². The van der Waals surface area contributed by atoms with Gasteiger partial charge in [0.2, 0.25) is 18.2 Å². The number of cyclic esters (lactones) is 2. The van der Waals surface area contributed by atoms with E-state index in [-0.39, 0.29) is 23.6 Å². The third-order valence-electron chi connectivity index (χ3n) is 6.95. The quantitative estimate of drug-likeness (QED) is 0.118. The number of aromatic nitrogens is 1. The van der Waals surface area contributed by atoms with E-state index in [2.05, 4.69) is 11.7 Å². The molecule has 1 amide bonds. The zero-order chi connectivity index (χ0) is 33.3. The molecule has 13 nitrogen and oxygen atoms in total. The van der Waals surface area contributed by atoms with Crippen LogP contribution in [-0.4, -0.2) is 84.8 Å². The number of esters is 4. The zero-order valence-electron chi connectivity index (χ0n) is 26.2. The highest BCUT2D eigenvalue weighted by molar-refractivity contribution is 5.92. The number of amides is 1. The highest BCUT2D eigenvalue weighted by Gasteiger charge is 2.46. The van der Waals surface area contributed by atoms with Gasteiger partial charge >= 0.3 is 29.8 Å². The molecular weight excluding hydrogens is 588 g/mol. The van der Waals surface area contributed by atoms with Crippen LogP contribution in [0.25, 0.3) is 0 Å². The molecule has 1 saturated heterocycles. The SMILES string of the molecule is C=[N+](C(=O)c1nccc(OC)c1OCOC(=O)C(C)C)C1COC(=O)C(Cc2ccccc2)C(OC(=O)C(C)C)C(C)OC1=O. The van der Waals surface area contributed by atoms with Gasteiger partial charge < -0.3 is 28.4 Å². The van der Waals surface area contributed by atoms with Crippen molar-refractivity contribution in [3.63, 3.8) is 0 Å². The Labute approximate surface area is 261 Å². The number of methoxy groups -OCH3 is 1. The van der Waals surface area contributed by atoms with Crippen LogP contribution in [-0.2, 0) is 44.5 Å². The van der Waals surface area contributed by atoms with E-state index in [1.54, 1.807) is 39.8 Å². The molecule has 1 aliphatic heterocycles. The van der Waals surface area contributed by atoms with Gasteiger partial charge in [-0.3, -0.25) is 14.4 Å². The highest BCUT2D eigenvalue weighted by atomic mass is 16.7. The molecular formula is C32H39N2O11+. The second kappa shape index (κ2) is 15.8. The van der Waals surface area contributed by atoms with E-state index in [4.69, 9.17) is 28.4 Å². The van der Waals surface area contributed by atoms with E-state index in [9.17, 15) is 24.0 Å². The molecule has 1 aromatic carbocycles. The summed E-state index contributed by atoms with van der Waals surface area (Å²) < 4.78 is 33.6. The summed E-state index contributed by atoms with van der Waals surface area (Å²) in [7, 11) is 1.34. The molecule has 2 aromatic rings. The maximum absolute atomic E-state index is 13.7. The van der Waals surface area contributed by atoms with Crippen LogP contribution in [0.3, 0.4) is 0 Å². The molecule has 1 aromatic heterocycles. The fraction of sp³-hybridized carbons (Fsp3) is 0.469. The van der Waals surface area contributed by atoms with E-state index < -0.39 is 79.2 Å². The third kappa shape index (κ3) is 8.87. The van der Waals surface area contributed by atoms with Crippen LogP contribution in [0.4, 0.5) is 0 Å². The molecule has 0 bridgehead atoms. The number of nitrogens with zero attached hydrogens (tertiary/aromatic N) is 2. The van der Waals surface area contributed by atoms with Gasteiger partial charge in [-0.1, -0.05) is 58.0 Å². The summed E-state index contributed by atoms with van der Waals surface area (Å²) in [5.74, 6) is -5.78. The zero-order valence-corrected chi connectivity index (χ0v) is 26.2. The first-order valence-corrected chi connectivity index (χ1v) is 14.4. The van der Waals surface area contributed by atoms with E-state index in [1.165, 1.54) is 26.3 Å². The third-order valence-corrected chi connectivity index (χ3v) is 6.95. The van der Waals surface area contributed by atoms with Gasteiger partial charge in [-0.15, -0.1) is 0 Å². The second-order valence-electron chi connectivity index (χ2n) is 11.0. The maximum Gasteiger partial charge on any atom is 0.442 e. The van der Waals surface area contributed by atoms with Gasteiger partial charge in [-0.05, 0) is 18.9 Å². The van der Waals surface area contributed by atoms with E-state index in [1.807, 2.05) is 18.2 Å². The minimum absolute atomic E-state index is 0.0954. The van der Waals surface area contributed by atoms with Crippen LogP contribution >= 0.6 is 0 Å². The summed E-state index contributed by atoms with van der Waals surface area (Å²) in [6.45, 7) is 10.6. The summed E-state index contributed by atoms with van der Waals surface area (Å²) in [4.78, 5) is 69.2. The molecule has 4 atom stereocenters. The molecule has 4 unspecified atom stereocenters. The Kier molecular flexibility index (Phi) is 12.2. The number of hydrogen-bond acceptors (Lipinski definition) is 12. The Morgan fingerprint density at radius 3 is 2.31 bits per heavy atom. The van der Waals surface area contributed by atoms with Crippen molar-refractivity contribution in [1.29, 1.82) is 0 Å². The summed E-state index contributed by atoms with van der Waals surface area (Å²) in [5, 5.41) is 0. The Hall–Kier alpha value is -4.81. The minimum Gasteiger partial charge on any atom is -0.493 e. The number of carbonyl (C=O) groups is 5. The Morgan fingerprint density at radius 1 is 1.02 bits per heavy atom. The molecule has 2 heterocycles. The van der Waals surface area contributed by atoms with Crippen LogP contribution in [0.2, 0.25) is 0 Å². The van der Waals surface area contributed by atoms with E-state index in [0.717, 1.165) is 10.1 Å². The average molecular weight is 628 g/mol. The number of carbonyl (C=O) groups excluding carboxylic acids is 5.